The molecule has 0 unspecified atom stereocenters. The minimum atomic E-state index is 0.673. The summed E-state index contributed by atoms with van der Waals surface area (Å²) in [5.41, 5.74) is 2.86. The first-order chi connectivity index (χ1) is 9.76. The van der Waals surface area contributed by atoms with Gasteiger partial charge in [-0.15, -0.1) is 11.3 Å². The highest BCUT2D eigenvalue weighted by atomic mass is 32.1. The maximum atomic E-state index is 11.0. The number of thiazole rings is 1. The van der Waals surface area contributed by atoms with E-state index < -0.39 is 0 Å². The fraction of sp³-hybridized carbons (Fsp3) is 0.467. The number of hydrogen-bond acceptors (Lipinski definition) is 4. The smallest absolute Gasteiger partial charge is 0.185 e. The molecule has 5 heteroatoms. The fourth-order valence-corrected chi connectivity index (χ4v) is 3.56. The third kappa shape index (κ3) is 2.77. The molecular weight excluding hydrogens is 270 g/mol. The zero-order valence-corrected chi connectivity index (χ0v) is 12.5. The van der Waals surface area contributed by atoms with Gasteiger partial charge in [-0.1, -0.05) is 0 Å². The van der Waals surface area contributed by atoms with Gasteiger partial charge in [0.25, 0.3) is 0 Å². The summed E-state index contributed by atoms with van der Waals surface area (Å²) in [5.74, 6) is 0. The summed E-state index contributed by atoms with van der Waals surface area (Å²) in [5, 5.41) is 3.23. The molecule has 3 rings (SSSR count). The standard InChI is InChI=1S/C15H19N3OS/c1-12-7-14(10-19)18(8-12)9-13-11-20-15(16-13)17-5-3-2-4-6-17/h7-8,10-11H,2-6,9H2,1H3. The minimum Gasteiger partial charge on any atom is -0.348 e. The highest BCUT2D eigenvalue weighted by Gasteiger charge is 2.14. The lowest BCUT2D eigenvalue weighted by Gasteiger charge is -2.25. The van der Waals surface area contributed by atoms with Crippen LogP contribution in [0.25, 0.3) is 0 Å². The van der Waals surface area contributed by atoms with Crippen molar-refractivity contribution in [2.75, 3.05) is 18.0 Å². The largest absolute Gasteiger partial charge is 0.348 e. The number of aryl methyl sites for hydroxylation is 1. The Labute approximate surface area is 123 Å². The van der Waals surface area contributed by atoms with Crippen LogP contribution >= 0.6 is 11.3 Å². The van der Waals surface area contributed by atoms with Gasteiger partial charge in [0.2, 0.25) is 0 Å². The van der Waals surface area contributed by atoms with Crippen LogP contribution in [-0.4, -0.2) is 28.9 Å². The van der Waals surface area contributed by atoms with E-state index in [0.29, 0.717) is 6.54 Å². The van der Waals surface area contributed by atoms with Crippen molar-refractivity contribution >= 4 is 22.8 Å². The molecule has 0 atom stereocenters. The Morgan fingerprint density at radius 3 is 2.90 bits per heavy atom. The second-order valence-corrected chi connectivity index (χ2v) is 6.19. The number of anilines is 1. The Morgan fingerprint density at radius 2 is 2.15 bits per heavy atom. The molecule has 1 aliphatic heterocycles. The number of carbonyl (C=O) groups is 1. The third-order valence-corrected chi connectivity index (χ3v) is 4.64. The van der Waals surface area contributed by atoms with E-state index in [0.717, 1.165) is 41.5 Å². The van der Waals surface area contributed by atoms with Gasteiger partial charge in [-0.05, 0) is 37.8 Å². The normalized spacial score (nSPS) is 15.6. The first-order valence-corrected chi connectivity index (χ1v) is 7.95. The molecule has 4 nitrogen and oxygen atoms in total. The zero-order chi connectivity index (χ0) is 13.9. The van der Waals surface area contributed by atoms with E-state index in [1.165, 1.54) is 19.3 Å². The maximum absolute atomic E-state index is 11.0. The second-order valence-electron chi connectivity index (χ2n) is 5.36. The first-order valence-electron chi connectivity index (χ1n) is 7.07. The number of piperidine rings is 1. The van der Waals surface area contributed by atoms with Crippen LogP contribution in [0.4, 0.5) is 5.13 Å². The monoisotopic (exact) mass is 289 g/mol. The molecule has 0 aliphatic carbocycles. The predicted molar refractivity (Wildman–Crippen MR) is 81.8 cm³/mol. The Kier molecular flexibility index (Phi) is 3.87. The Bertz CT molecular complexity index is 596. The molecule has 1 fully saturated rings. The van der Waals surface area contributed by atoms with Crippen molar-refractivity contribution in [3.05, 3.63) is 34.6 Å². The highest BCUT2D eigenvalue weighted by Crippen LogP contribution is 2.24. The molecule has 3 heterocycles. The van der Waals surface area contributed by atoms with Gasteiger partial charge in [-0.2, -0.15) is 0 Å². The number of hydrogen-bond donors (Lipinski definition) is 0. The number of carbonyl (C=O) groups excluding carboxylic acids is 1. The SMILES string of the molecule is Cc1cc(C=O)n(Cc2csc(N3CCCCC3)n2)c1. The van der Waals surface area contributed by atoms with Crippen LogP contribution in [0.1, 0.15) is 41.0 Å². The third-order valence-electron chi connectivity index (χ3n) is 3.69. The Morgan fingerprint density at radius 1 is 1.35 bits per heavy atom. The van der Waals surface area contributed by atoms with Gasteiger partial charge < -0.3 is 9.47 Å². The molecule has 0 aromatic carbocycles. The molecule has 1 aliphatic rings. The maximum Gasteiger partial charge on any atom is 0.185 e. The van der Waals surface area contributed by atoms with E-state index in [1.54, 1.807) is 11.3 Å². The molecule has 0 saturated carbocycles. The molecule has 2 aromatic heterocycles. The molecule has 106 valence electrons. The van der Waals surface area contributed by atoms with E-state index >= 15 is 0 Å². The molecule has 1 saturated heterocycles. The lowest BCUT2D eigenvalue weighted by molar-refractivity contribution is 0.111. The number of nitrogens with zero attached hydrogens (tertiary/aromatic N) is 3. The average molecular weight is 289 g/mol. The van der Waals surface area contributed by atoms with Crippen molar-refractivity contribution in [2.24, 2.45) is 0 Å². The minimum absolute atomic E-state index is 0.673. The van der Waals surface area contributed by atoms with Crippen molar-refractivity contribution in [1.82, 2.24) is 9.55 Å². The molecule has 0 N–H and O–H groups in total. The van der Waals surface area contributed by atoms with Gasteiger partial charge in [0, 0.05) is 24.7 Å². The van der Waals surface area contributed by atoms with Crippen LogP contribution in [0.5, 0.6) is 0 Å². The quantitative estimate of drug-likeness (QED) is 0.812. The first kappa shape index (κ1) is 13.4. The van der Waals surface area contributed by atoms with E-state index in [4.69, 9.17) is 4.98 Å². The average Bonchev–Trinajstić information content (AvgIpc) is 3.07. The summed E-state index contributed by atoms with van der Waals surface area (Å²) in [4.78, 5) is 18.1. The molecule has 2 aromatic rings. The van der Waals surface area contributed by atoms with Gasteiger partial charge in [0.15, 0.2) is 11.4 Å². The van der Waals surface area contributed by atoms with Crippen LogP contribution in [0.15, 0.2) is 17.6 Å². The Hall–Kier alpha value is -1.62. The van der Waals surface area contributed by atoms with Crippen LogP contribution in [0, 0.1) is 6.92 Å². The van der Waals surface area contributed by atoms with Gasteiger partial charge >= 0.3 is 0 Å². The van der Waals surface area contributed by atoms with E-state index in [2.05, 4.69) is 10.3 Å². The van der Waals surface area contributed by atoms with Crippen molar-refractivity contribution in [3.8, 4) is 0 Å². The topological polar surface area (TPSA) is 38.1 Å². The number of rotatable bonds is 4. The summed E-state index contributed by atoms with van der Waals surface area (Å²) < 4.78 is 1.97. The van der Waals surface area contributed by atoms with Crippen molar-refractivity contribution in [1.29, 1.82) is 0 Å². The summed E-state index contributed by atoms with van der Waals surface area (Å²) in [6, 6.07) is 1.91. The van der Waals surface area contributed by atoms with E-state index in [-0.39, 0.29) is 0 Å². The van der Waals surface area contributed by atoms with Crippen LogP contribution < -0.4 is 4.90 Å². The van der Waals surface area contributed by atoms with Gasteiger partial charge in [-0.25, -0.2) is 4.98 Å². The summed E-state index contributed by atoms with van der Waals surface area (Å²) in [6.45, 7) is 4.92. The van der Waals surface area contributed by atoms with Crippen LogP contribution in [0.3, 0.4) is 0 Å². The molecule has 0 amide bonds. The lowest BCUT2D eigenvalue weighted by atomic mass is 10.1. The van der Waals surface area contributed by atoms with Crippen LogP contribution in [0.2, 0.25) is 0 Å². The summed E-state index contributed by atoms with van der Waals surface area (Å²) in [6.07, 6.45) is 6.77. The fourth-order valence-electron chi connectivity index (χ4n) is 2.69. The van der Waals surface area contributed by atoms with Gasteiger partial charge in [0.1, 0.15) is 0 Å². The number of aldehydes is 1. The molecule has 20 heavy (non-hydrogen) atoms. The van der Waals surface area contributed by atoms with Crippen LogP contribution in [-0.2, 0) is 6.54 Å². The predicted octanol–water partition coefficient (Wildman–Crippen LogP) is 3.10. The van der Waals surface area contributed by atoms with Crippen molar-refractivity contribution < 1.29 is 4.79 Å². The molecule has 0 spiro atoms. The summed E-state index contributed by atoms with van der Waals surface area (Å²) in [7, 11) is 0. The molecule has 0 bridgehead atoms. The van der Waals surface area contributed by atoms with E-state index in [9.17, 15) is 4.79 Å². The molecular formula is C15H19N3OS. The van der Waals surface area contributed by atoms with Crippen molar-refractivity contribution in [3.63, 3.8) is 0 Å². The van der Waals surface area contributed by atoms with Crippen molar-refractivity contribution in [2.45, 2.75) is 32.7 Å². The second kappa shape index (κ2) is 5.79. The highest BCUT2D eigenvalue weighted by molar-refractivity contribution is 7.13. The lowest BCUT2D eigenvalue weighted by Crippen LogP contribution is -2.29. The van der Waals surface area contributed by atoms with Gasteiger partial charge in [-0.3, -0.25) is 4.79 Å². The summed E-state index contributed by atoms with van der Waals surface area (Å²) >= 11 is 1.71. The zero-order valence-electron chi connectivity index (χ0n) is 11.7. The number of aromatic nitrogens is 2. The Balaban J connectivity index is 1.74. The molecule has 0 radical (unpaired) electrons. The van der Waals surface area contributed by atoms with Gasteiger partial charge in [0.05, 0.1) is 17.9 Å². The van der Waals surface area contributed by atoms with E-state index in [1.807, 2.05) is 23.8 Å².